The van der Waals surface area contributed by atoms with Gasteiger partial charge >= 0.3 is 0 Å². The van der Waals surface area contributed by atoms with Crippen molar-refractivity contribution in [2.24, 2.45) is 5.92 Å². The summed E-state index contributed by atoms with van der Waals surface area (Å²) in [6.45, 7) is 3.58. The van der Waals surface area contributed by atoms with Crippen LogP contribution < -0.4 is 15.5 Å². The number of benzene rings is 1. The molecule has 2 N–H and O–H groups in total. The van der Waals surface area contributed by atoms with Gasteiger partial charge in [-0.05, 0) is 61.6 Å². The summed E-state index contributed by atoms with van der Waals surface area (Å²) in [5, 5.41) is 24.0. The average Bonchev–Trinajstić information content (AvgIpc) is 3.49. The second kappa shape index (κ2) is 11.6. The number of carbonyl (C=O) groups is 1. The molecule has 2 fully saturated rings. The van der Waals surface area contributed by atoms with Gasteiger partial charge in [0.25, 0.3) is 0 Å². The van der Waals surface area contributed by atoms with Crippen molar-refractivity contribution < 1.29 is 13.6 Å². The van der Waals surface area contributed by atoms with E-state index in [0.29, 0.717) is 40.5 Å². The molecule has 1 aromatic carbocycles. The smallest absolute Gasteiger partial charge is 0.226 e. The summed E-state index contributed by atoms with van der Waals surface area (Å²) in [6.07, 6.45) is 3.13. The Morgan fingerprint density at radius 3 is 2.62 bits per heavy atom. The number of carbonyl (C=O) groups excluding carboxylic acids is 1. The topological polar surface area (TPSA) is 99.2 Å². The van der Waals surface area contributed by atoms with E-state index in [0.717, 1.165) is 50.8 Å². The maximum atomic E-state index is 13.5. The molecule has 4 heterocycles. The number of nitrogens with one attached hydrogen (secondary N) is 2. The predicted octanol–water partition coefficient (Wildman–Crippen LogP) is 4.19. The third kappa shape index (κ3) is 7.08. The van der Waals surface area contributed by atoms with E-state index in [1.165, 1.54) is 23.5 Å². The van der Waals surface area contributed by atoms with Crippen molar-refractivity contribution in [3.63, 3.8) is 0 Å². The number of nitrogens with zero attached hydrogens (tertiary/aromatic N) is 6. The zero-order valence-corrected chi connectivity index (χ0v) is 21.6. The normalized spacial score (nSPS) is 20.2. The van der Waals surface area contributed by atoms with Gasteiger partial charge in [-0.15, -0.1) is 20.4 Å². The van der Waals surface area contributed by atoms with Crippen LogP contribution in [0, 0.1) is 17.6 Å². The van der Waals surface area contributed by atoms with E-state index >= 15 is 0 Å². The van der Waals surface area contributed by atoms with E-state index in [1.54, 1.807) is 6.07 Å². The van der Waals surface area contributed by atoms with Crippen LogP contribution in [0.15, 0.2) is 30.3 Å². The first-order valence-electron chi connectivity index (χ1n) is 12.2. The van der Waals surface area contributed by atoms with E-state index < -0.39 is 11.6 Å². The Hall–Kier alpha value is -2.96. The molecule has 2 saturated heterocycles. The highest BCUT2D eigenvalue weighted by molar-refractivity contribution is 7.19. The van der Waals surface area contributed by atoms with Crippen molar-refractivity contribution in [1.82, 2.24) is 25.3 Å². The fraction of sp³-hybridized carbons (Fsp3) is 0.458. The molecule has 2 aromatic heterocycles. The summed E-state index contributed by atoms with van der Waals surface area (Å²) in [4.78, 5) is 16.9. The quantitative estimate of drug-likeness (QED) is 0.432. The molecule has 0 radical (unpaired) electrons. The van der Waals surface area contributed by atoms with Gasteiger partial charge in [-0.3, -0.25) is 9.69 Å². The molecule has 13 heteroatoms. The third-order valence-electron chi connectivity index (χ3n) is 6.53. The number of hydrogen-bond acceptors (Lipinski definition) is 9. The molecule has 2 aliphatic heterocycles. The van der Waals surface area contributed by atoms with Gasteiger partial charge in [0.2, 0.25) is 16.2 Å². The fourth-order valence-corrected chi connectivity index (χ4v) is 5.76. The van der Waals surface area contributed by atoms with E-state index in [2.05, 4.69) is 40.8 Å². The Kier molecular flexibility index (Phi) is 8.06. The lowest BCUT2D eigenvalue weighted by molar-refractivity contribution is -0.117. The fourth-order valence-electron chi connectivity index (χ4n) is 4.92. The summed E-state index contributed by atoms with van der Waals surface area (Å²) in [6, 6.07) is 7.34. The number of anilines is 3. The van der Waals surface area contributed by atoms with Crippen LogP contribution in [0.3, 0.4) is 0 Å². The van der Waals surface area contributed by atoms with Crippen LogP contribution in [0.4, 0.5) is 24.9 Å². The number of halogens is 3. The Morgan fingerprint density at radius 2 is 1.84 bits per heavy atom. The van der Waals surface area contributed by atoms with E-state index in [1.807, 2.05) is 6.07 Å². The number of rotatable bonds is 8. The maximum absolute atomic E-state index is 13.5. The van der Waals surface area contributed by atoms with Crippen LogP contribution in [-0.2, 0) is 11.3 Å². The van der Waals surface area contributed by atoms with Crippen molar-refractivity contribution in [3.05, 3.63) is 52.7 Å². The molecule has 0 bridgehead atoms. The summed E-state index contributed by atoms with van der Waals surface area (Å²) >= 11 is 7.12. The van der Waals surface area contributed by atoms with Crippen molar-refractivity contribution in [3.8, 4) is 0 Å². The first-order chi connectivity index (χ1) is 17.9. The zero-order valence-electron chi connectivity index (χ0n) is 20.0. The van der Waals surface area contributed by atoms with Crippen molar-refractivity contribution >= 4 is 44.9 Å². The van der Waals surface area contributed by atoms with Crippen LogP contribution in [0.1, 0.15) is 31.2 Å². The van der Waals surface area contributed by atoms with E-state index in [9.17, 15) is 13.6 Å². The summed E-state index contributed by atoms with van der Waals surface area (Å²) < 4.78 is 27.0. The van der Waals surface area contributed by atoms with Gasteiger partial charge in [0.15, 0.2) is 11.0 Å². The highest BCUT2D eigenvalue weighted by atomic mass is 35.5. The van der Waals surface area contributed by atoms with Gasteiger partial charge in [0.05, 0.1) is 0 Å². The van der Waals surface area contributed by atoms with Crippen molar-refractivity contribution in [2.75, 3.05) is 41.7 Å². The molecular weight excluding hydrogens is 522 g/mol. The molecule has 2 aliphatic rings. The van der Waals surface area contributed by atoms with Gasteiger partial charge in [-0.1, -0.05) is 22.9 Å². The largest absolute Gasteiger partial charge is 0.355 e. The van der Waals surface area contributed by atoms with Gasteiger partial charge in [-0.25, -0.2) is 8.78 Å². The van der Waals surface area contributed by atoms with Gasteiger partial charge in [0, 0.05) is 44.7 Å². The standard InChI is InChI=1S/C24H27ClF2N8OS/c25-20-3-4-21(31-30-20)35-7-5-19(14-35)28-23-32-33-24(37-23)29-22(36)10-15-2-1-6-34(12-15)13-16-8-17(26)11-18(27)9-16/h3-4,8-9,11,15,19H,1-2,5-7,10,12-14H2,(H,28,32)(H,29,33,36)/t15-,19+/m0/s1. The first-order valence-corrected chi connectivity index (χ1v) is 13.4. The van der Waals surface area contributed by atoms with Gasteiger partial charge in [0.1, 0.15) is 11.6 Å². The summed E-state index contributed by atoms with van der Waals surface area (Å²) in [7, 11) is 0. The highest BCUT2D eigenvalue weighted by Gasteiger charge is 2.26. The second-order valence-electron chi connectivity index (χ2n) is 9.48. The first kappa shape index (κ1) is 25.7. The minimum atomic E-state index is -0.574. The van der Waals surface area contributed by atoms with Crippen LogP contribution >= 0.6 is 22.9 Å². The Morgan fingerprint density at radius 1 is 1.03 bits per heavy atom. The molecule has 196 valence electrons. The Balaban J connectivity index is 1.08. The zero-order chi connectivity index (χ0) is 25.8. The maximum Gasteiger partial charge on any atom is 0.226 e. The highest BCUT2D eigenvalue weighted by Crippen LogP contribution is 2.26. The van der Waals surface area contributed by atoms with E-state index in [4.69, 9.17) is 11.6 Å². The Labute approximate surface area is 222 Å². The molecule has 37 heavy (non-hydrogen) atoms. The van der Waals surface area contributed by atoms with Crippen LogP contribution in [0.2, 0.25) is 5.15 Å². The van der Waals surface area contributed by atoms with Crippen molar-refractivity contribution in [1.29, 1.82) is 0 Å². The van der Waals surface area contributed by atoms with Crippen molar-refractivity contribution in [2.45, 2.75) is 38.3 Å². The van der Waals surface area contributed by atoms with Crippen LogP contribution in [0.25, 0.3) is 0 Å². The third-order valence-corrected chi connectivity index (χ3v) is 7.51. The molecule has 5 rings (SSSR count). The lowest BCUT2D eigenvalue weighted by atomic mass is 9.94. The summed E-state index contributed by atoms with van der Waals surface area (Å²) in [5.74, 6) is -0.314. The van der Waals surface area contributed by atoms with E-state index in [-0.39, 0.29) is 17.9 Å². The molecule has 3 aromatic rings. The molecule has 0 saturated carbocycles. The monoisotopic (exact) mass is 548 g/mol. The molecule has 0 aliphatic carbocycles. The van der Waals surface area contributed by atoms with Crippen LogP contribution in [-0.4, -0.2) is 63.4 Å². The van der Waals surface area contributed by atoms with Gasteiger partial charge < -0.3 is 15.5 Å². The number of piperidine rings is 1. The number of amides is 1. The molecule has 0 spiro atoms. The molecule has 2 atom stereocenters. The number of aromatic nitrogens is 4. The molecule has 0 unspecified atom stereocenters. The lowest BCUT2D eigenvalue weighted by Gasteiger charge is -2.32. The lowest BCUT2D eigenvalue weighted by Crippen LogP contribution is -2.36. The SMILES string of the molecule is O=C(C[C@@H]1CCCN(Cc2cc(F)cc(F)c2)C1)Nc1nnc(N[C@@H]2CCN(c3ccc(Cl)nn3)C2)s1. The molecular formula is C24H27ClF2N8OS. The molecule has 1 amide bonds. The average molecular weight is 549 g/mol. The second-order valence-corrected chi connectivity index (χ2v) is 10.8. The predicted molar refractivity (Wildman–Crippen MR) is 139 cm³/mol. The minimum absolute atomic E-state index is 0.111. The number of hydrogen-bond donors (Lipinski definition) is 2. The van der Waals surface area contributed by atoms with Gasteiger partial charge in [-0.2, -0.15) is 0 Å². The number of likely N-dealkylation sites (tertiary alicyclic amines) is 1. The Bertz CT molecular complexity index is 1210. The minimum Gasteiger partial charge on any atom is -0.355 e. The van der Waals surface area contributed by atoms with Crippen LogP contribution in [0.5, 0.6) is 0 Å². The summed E-state index contributed by atoms with van der Waals surface area (Å²) in [5.41, 5.74) is 0.600. The molecule has 9 nitrogen and oxygen atoms in total.